The van der Waals surface area contributed by atoms with Crippen LogP contribution < -0.4 is 0 Å². The van der Waals surface area contributed by atoms with Crippen LogP contribution >= 0.6 is 11.6 Å². The normalized spacial score (nSPS) is 14.0. The fourth-order valence-electron chi connectivity index (χ4n) is 2.05. The van der Waals surface area contributed by atoms with Crippen molar-refractivity contribution in [2.75, 3.05) is 5.75 Å². The van der Waals surface area contributed by atoms with E-state index in [0.29, 0.717) is 16.3 Å². The van der Waals surface area contributed by atoms with Gasteiger partial charge in [0.1, 0.15) is 0 Å². The minimum absolute atomic E-state index is 0.0900. The Kier molecular flexibility index (Phi) is 7.49. The Balaban J connectivity index is 2.42. The first-order valence-electron chi connectivity index (χ1n) is 7.96. The van der Waals surface area contributed by atoms with E-state index in [9.17, 15) is 13.2 Å². The highest BCUT2D eigenvalue weighted by Crippen LogP contribution is 2.28. The van der Waals surface area contributed by atoms with Crippen LogP contribution in [0.4, 0.5) is 0 Å². The Labute approximate surface area is 149 Å². The van der Waals surface area contributed by atoms with E-state index in [-0.39, 0.29) is 11.7 Å². The van der Waals surface area contributed by atoms with Gasteiger partial charge in [0.2, 0.25) is 0 Å². The van der Waals surface area contributed by atoms with E-state index >= 15 is 0 Å². The first kappa shape index (κ1) is 20.7. The zero-order valence-electron chi connectivity index (χ0n) is 14.3. The molecule has 1 unspecified atom stereocenters. The standard InChI is InChI=1S/C18H25ClO4S/c1-14(18(2,3)17(20)21)8-6-4-5-7-13-24(22,23)16-11-9-15(19)10-12-16/h6,8-12,14H,4-5,7,13H2,1-3H3,(H,20,21). The number of unbranched alkanes of at least 4 members (excludes halogenated alkanes) is 2. The summed E-state index contributed by atoms with van der Waals surface area (Å²) >= 11 is 5.76. The molecule has 24 heavy (non-hydrogen) atoms. The first-order valence-corrected chi connectivity index (χ1v) is 9.99. The van der Waals surface area contributed by atoms with E-state index in [2.05, 4.69) is 0 Å². The van der Waals surface area contributed by atoms with Gasteiger partial charge in [-0.15, -0.1) is 0 Å². The van der Waals surface area contributed by atoms with Crippen molar-refractivity contribution in [1.29, 1.82) is 0 Å². The Bertz CT molecular complexity index is 675. The lowest BCUT2D eigenvalue weighted by Crippen LogP contribution is -2.29. The molecule has 0 amide bonds. The number of carbonyl (C=O) groups is 1. The topological polar surface area (TPSA) is 71.4 Å². The van der Waals surface area contributed by atoms with Crippen molar-refractivity contribution in [3.05, 3.63) is 41.4 Å². The number of allylic oxidation sites excluding steroid dienone is 2. The van der Waals surface area contributed by atoms with Gasteiger partial charge in [-0.2, -0.15) is 0 Å². The second-order valence-corrected chi connectivity index (χ2v) is 9.06. The summed E-state index contributed by atoms with van der Waals surface area (Å²) in [6.07, 6.45) is 5.86. The van der Waals surface area contributed by atoms with Gasteiger partial charge < -0.3 is 5.11 Å². The molecule has 0 saturated carbocycles. The van der Waals surface area contributed by atoms with Gasteiger partial charge in [-0.05, 0) is 63.3 Å². The monoisotopic (exact) mass is 372 g/mol. The summed E-state index contributed by atoms with van der Waals surface area (Å²) in [5.41, 5.74) is -0.811. The van der Waals surface area contributed by atoms with Crippen LogP contribution in [-0.2, 0) is 14.6 Å². The van der Waals surface area contributed by atoms with Gasteiger partial charge in [0.15, 0.2) is 9.84 Å². The van der Waals surface area contributed by atoms with Gasteiger partial charge in [0.05, 0.1) is 16.1 Å². The Morgan fingerprint density at radius 1 is 1.25 bits per heavy atom. The fourth-order valence-corrected chi connectivity index (χ4v) is 3.55. The third-order valence-corrected chi connectivity index (χ3v) is 6.39. The molecule has 1 N–H and O–H groups in total. The van der Waals surface area contributed by atoms with Gasteiger partial charge in [-0.25, -0.2) is 8.42 Å². The van der Waals surface area contributed by atoms with E-state index in [1.807, 2.05) is 19.1 Å². The minimum Gasteiger partial charge on any atom is -0.481 e. The first-order chi connectivity index (χ1) is 11.1. The number of carboxylic acids is 1. The molecule has 1 aromatic rings. The molecule has 1 atom stereocenters. The number of sulfone groups is 1. The SMILES string of the molecule is CC(C=CCCCCS(=O)(=O)c1ccc(Cl)cc1)C(C)(C)C(=O)O. The van der Waals surface area contributed by atoms with Gasteiger partial charge >= 0.3 is 5.97 Å². The molecular weight excluding hydrogens is 348 g/mol. The molecule has 0 heterocycles. The molecule has 0 radical (unpaired) electrons. The van der Waals surface area contributed by atoms with E-state index in [1.54, 1.807) is 26.0 Å². The molecule has 0 spiro atoms. The zero-order valence-corrected chi connectivity index (χ0v) is 15.9. The molecule has 1 rings (SSSR count). The number of rotatable bonds is 9. The van der Waals surface area contributed by atoms with Crippen LogP contribution in [0, 0.1) is 11.3 Å². The fraction of sp³-hybridized carbons (Fsp3) is 0.500. The summed E-state index contributed by atoms with van der Waals surface area (Å²) in [6, 6.07) is 6.19. The minimum atomic E-state index is -3.28. The molecule has 1 aromatic carbocycles. The van der Waals surface area contributed by atoms with E-state index in [0.717, 1.165) is 12.8 Å². The van der Waals surface area contributed by atoms with Crippen LogP contribution in [0.3, 0.4) is 0 Å². The molecule has 0 saturated heterocycles. The quantitative estimate of drug-likeness (QED) is 0.508. The lowest BCUT2D eigenvalue weighted by atomic mass is 9.80. The Morgan fingerprint density at radius 3 is 2.38 bits per heavy atom. The van der Waals surface area contributed by atoms with Gasteiger partial charge in [-0.3, -0.25) is 4.79 Å². The highest BCUT2D eigenvalue weighted by molar-refractivity contribution is 7.91. The van der Waals surface area contributed by atoms with Crippen LogP contribution in [0.15, 0.2) is 41.3 Å². The van der Waals surface area contributed by atoms with E-state index in [1.165, 1.54) is 12.1 Å². The molecule has 0 fully saturated rings. The van der Waals surface area contributed by atoms with Gasteiger partial charge in [0, 0.05) is 5.02 Å². The number of hydrogen-bond acceptors (Lipinski definition) is 3. The molecular formula is C18H25ClO4S. The zero-order chi connectivity index (χ0) is 18.4. The largest absolute Gasteiger partial charge is 0.481 e. The number of carboxylic acid groups (broad SMARTS) is 1. The van der Waals surface area contributed by atoms with E-state index < -0.39 is 21.2 Å². The van der Waals surface area contributed by atoms with Crippen LogP contribution in [0.2, 0.25) is 5.02 Å². The van der Waals surface area contributed by atoms with Crippen molar-refractivity contribution in [1.82, 2.24) is 0 Å². The molecule has 6 heteroatoms. The molecule has 0 aliphatic heterocycles. The van der Waals surface area contributed by atoms with E-state index in [4.69, 9.17) is 16.7 Å². The highest BCUT2D eigenvalue weighted by Gasteiger charge is 2.31. The summed E-state index contributed by atoms with van der Waals surface area (Å²) in [7, 11) is -3.28. The summed E-state index contributed by atoms with van der Waals surface area (Å²) < 4.78 is 24.3. The van der Waals surface area contributed by atoms with Crippen LogP contribution in [0.25, 0.3) is 0 Å². The van der Waals surface area contributed by atoms with Crippen molar-refractivity contribution in [3.8, 4) is 0 Å². The highest BCUT2D eigenvalue weighted by atomic mass is 35.5. The molecule has 0 bridgehead atoms. The maximum atomic E-state index is 12.2. The molecule has 4 nitrogen and oxygen atoms in total. The second kappa shape index (κ2) is 8.67. The van der Waals surface area contributed by atoms with Crippen molar-refractivity contribution >= 4 is 27.4 Å². The molecule has 0 aliphatic rings. The number of benzene rings is 1. The predicted molar refractivity (Wildman–Crippen MR) is 97.1 cm³/mol. The van der Waals surface area contributed by atoms with Crippen molar-refractivity contribution in [2.24, 2.45) is 11.3 Å². The third kappa shape index (κ3) is 5.95. The van der Waals surface area contributed by atoms with Crippen LogP contribution in [0.5, 0.6) is 0 Å². The molecule has 134 valence electrons. The summed E-state index contributed by atoms with van der Waals surface area (Å²) in [5.74, 6) is -0.819. The summed E-state index contributed by atoms with van der Waals surface area (Å²) in [6.45, 7) is 5.27. The smallest absolute Gasteiger partial charge is 0.309 e. The van der Waals surface area contributed by atoms with Crippen LogP contribution in [0.1, 0.15) is 40.0 Å². The summed E-state index contributed by atoms with van der Waals surface area (Å²) in [5, 5.41) is 9.67. The lowest BCUT2D eigenvalue weighted by molar-refractivity contribution is -0.148. The predicted octanol–water partition coefficient (Wildman–Crippen LogP) is 4.59. The maximum Gasteiger partial charge on any atom is 0.309 e. The third-order valence-electron chi connectivity index (χ3n) is 4.32. The number of halogens is 1. The number of hydrogen-bond donors (Lipinski definition) is 1. The van der Waals surface area contributed by atoms with Crippen molar-refractivity contribution in [2.45, 2.75) is 44.9 Å². The Hall–Kier alpha value is -1.33. The van der Waals surface area contributed by atoms with Crippen molar-refractivity contribution in [3.63, 3.8) is 0 Å². The van der Waals surface area contributed by atoms with Crippen LogP contribution in [-0.4, -0.2) is 25.2 Å². The Morgan fingerprint density at radius 2 is 1.83 bits per heavy atom. The average molecular weight is 373 g/mol. The van der Waals surface area contributed by atoms with Gasteiger partial charge in [0.25, 0.3) is 0 Å². The molecule has 0 aromatic heterocycles. The second-order valence-electron chi connectivity index (χ2n) is 6.51. The van der Waals surface area contributed by atoms with Gasteiger partial charge in [-0.1, -0.05) is 30.7 Å². The average Bonchev–Trinajstić information content (AvgIpc) is 2.50. The van der Waals surface area contributed by atoms with Crippen molar-refractivity contribution < 1.29 is 18.3 Å². The summed E-state index contributed by atoms with van der Waals surface area (Å²) in [4.78, 5) is 11.4. The maximum absolute atomic E-state index is 12.2. The molecule has 0 aliphatic carbocycles. The number of aliphatic carboxylic acids is 1. The lowest BCUT2D eigenvalue weighted by Gasteiger charge is -2.24.